The third kappa shape index (κ3) is 2.61. The molecule has 0 unspecified atom stereocenters. The van der Waals surface area contributed by atoms with E-state index in [1.165, 1.54) is 0 Å². The van der Waals surface area contributed by atoms with Crippen molar-refractivity contribution in [2.75, 3.05) is 7.05 Å². The van der Waals surface area contributed by atoms with Crippen molar-refractivity contribution in [2.24, 2.45) is 0 Å². The molecule has 0 saturated heterocycles. The second-order valence-electron chi connectivity index (χ2n) is 4.46. The topological polar surface area (TPSA) is 59.8 Å². The maximum absolute atomic E-state index is 11.5. The molecule has 0 fully saturated rings. The number of nitrogens with zero attached hydrogens (tertiary/aromatic N) is 3. The molecule has 0 aliphatic heterocycles. The third-order valence-corrected chi connectivity index (χ3v) is 3.09. The smallest absolute Gasteiger partial charge is 0.251 e. The minimum absolute atomic E-state index is 0.165. The van der Waals surface area contributed by atoms with Crippen LogP contribution in [0.5, 0.6) is 0 Å². The van der Waals surface area contributed by atoms with Gasteiger partial charge in [0.1, 0.15) is 12.2 Å². The van der Waals surface area contributed by atoms with Crippen LogP contribution in [0.15, 0.2) is 24.5 Å². The van der Waals surface area contributed by atoms with Crippen LogP contribution in [0.3, 0.4) is 0 Å². The van der Waals surface area contributed by atoms with Gasteiger partial charge < -0.3 is 5.32 Å². The zero-order chi connectivity index (χ0) is 14.0. The molecule has 100 valence electrons. The average Bonchev–Trinajstić information content (AvgIpc) is 2.86. The Morgan fingerprint density at radius 2 is 2.16 bits per heavy atom. The van der Waals surface area contributed by atoms with E-state index in [0.717, 1.165) is 11.5 Å². The van der Waals surface area contributed by atoms with Crippen LogP contribution in [0.1, 0.15) is 35.9 Å². The van der Waals surface area contributed by atoms with Gasteiger partial charge in [0, 0.05) is 18.5 Å². The fraction of sp³-hybridized carbons (Fsp3) is 0.308. The molecule has 5 nitrogen and oxygen atoms in total. The molecule has 1 aromatic heterocycles. The number of aromatic nitrogens is 3. The van der Waals surface area contributed by atoms with Gasteiger partial charge in [-0.15, -0.1) is 10.2 Å². The predicted molar refractivity (Wildman–Crippen MR) is 73.8 cm³/mol. The first-order chi connectivity index (χ1) is 9.04. The fourth-order valence-corrected chi connectivity index (χ4v) is 2.08. The van der Waals surface area contributed by atoms with Crippen LogP contribution in [-0.2, 0) is 0 Å². The van der Waals surface area contributed by atoms with Gasteiger partial charge >= 0.3 is 0 Å². The number of rotatable bonds is 3. The summed E-state index contributed by atoms with van der Waals surface area (Å²) in [5.41, 5.74) is 1.29. The summed E-state index contributed by atoms with van der Waals surface area (Å²) in [4.78, 5) is 11.5. The highest BCUT2D eigenvalue weighted by molar-refractivity contribution is 6.32. The van der Waals surface area contributed by atoms with Crippen molar-refractivity contribution in [3.05, 3.63) is 40.9 Å². The van der Waals surface area contributed by atoms with E-state index >= 15 is 0 Å². The summed E-state index contributed by atoms with van der Waals surface area (Å²) < 4.78 is 1.83. The van der Waals surface area contributed by atoms with E-state index in [1.807, 2.05) is 18.4 Å². The highest BCUT2D eigenvalue weighted by Gasteiger charge is 2.14. The molecule has 1 N–H and O–H groups in total. The summed E-state index contributed by atoms with van der Waals surface area (Å²) in [7, 11) is 1.58. The monoisotopic (exact) mass is 278 g/mol. The largest absolute Gasteiger partial charge is 0.355 e. The molecule has 0 bridgehead atoms. The molecule has 0 aliphatic rings. The molecule has 2 rings (SSSR count). The van der Waals surface area contributed by atoms with E-state index in [1.54, 1.807) is 31.6 Å². The molecule has 0 radical (unpaired) electrons. The van der Waals surface area contributed by atoms with E-state index < -0.39 is 0 Å². The quantitative estimate of drug-likeness (QED) is 0.938. The van der Waals surface area contributed by atoms with E-state index in [4.69, 9.17) is 11.6 Å². The first-order valence-electron chi connectivity index (χ1n) is 5.96. The van der Waals surface area contributed by atoms with Gasteiger partial charge in [-0.25, -0.2) is 0 Å². The number of hydrogen-bond acceptors (Lipinski definition) is 3. The lowest BCUT2D eigenvalue weighted by Crippen LogP contribution is -2.17. The van der Waals surface area contributed by atoms with Crippen LogP contribution < -0.4 is 5.32 Å². The second-order valence-corrected chi connectivity index (χ2v) is 4.87. The number of carbonyl (C=O) groups is 1. The Balaban J connectivity index is 2.46. The highest BCUT2D eigenvalue weighted by Crippen LogP contribution is 2.25. The zero-order valence-electron chi connectivity index (χ0n) is 11.0. The Morgan fingerprint density at radius 1 is 1.42 bits per heavy atom. The van der Waals surface area contributed by atoms with Gasteiger partial charge in [0.05, 0.1) is 10.7 Å². The van der Waals surface area contributed by atoms with E-state index in [-0.39, 0.29) is 11.8 Å². The molecule has 19 heavy (non-hydrogen) atoms. The van der Waals surface area contributed by atoms with Crippen molar-refractivity contribution in [1.29, 1.82) is 0 Å². The Kier molecular flexibility index (Phi) is 3.85. The molecule has 2 aromatic rings. The van der Waals surface area contributed by atoms with Crippen LogP contribution >= 0.6 is 11.6 Å². The third-order valence-electron chi connectivity index (χ3n) is 2.79. The lowest BCUT2D eigenvalue weighted by Gasteiger charge is -2.11. The van der Waals surface area contributed by atoms with Crippen molar-refractivity contribution in [2.45, 2.75) is 19.8 Å². The van der Waals surface area contributed by atoms with Crippen molar-refractivity contribution >= 4 is 17.5 Å². The highest BCUT2D eigenvalue weighted by atomic mass is 35.5. The second kappa shape index (κ2) is 5.40. The maximum Gasteiger partial charge on any atom is 0.251 e. The minimum Gasteiger partial charge on any atom is -0.355 e. The lowest BCUT2D eigenvalue weighted by atomic mass is 10.1. The normalized spacial score (nSPS) is 10.8. The Hall–Kier alpha value is -1.88. The van der Waals surface area contributed by atoms with Crippen LogP contribution in [0.4, 0.5) is 0 Å². The molecule has 1 heterocycles. The van der Waals surface area contributed by atoms with Gasteiger partial charge in [-0.05, 0) is 18.2 Å². The molecule has 0 atom stereocenters. The van der Waals surface area contributed by atoms with Crippen LogP contribution in [0, 0.1) is 0 Å². The number of carbonyl (C=O) groups excluding carboxylic acids is 1. The van der Waals surface area contributed by atoms with Gasteiger partial charge in [0.15, 0.2) is 0 Å². The molecule has 0 spiro atoms. The molecule has 0 aliphatic carbocycles. The lowest BCUT2D eigenvalue weighted by molar-refractivity contribution is 0.0963. The molecular weight excluding hydrogens is 264 g/mol. The molecule has 1 amide bonds. The number of amides is 1. The zero-order valence-corrected chi connectivity index (χ0v) is 11.8. The predicted octanol–water partition coefficient (Wildman–Crippen LogP) is 2.40. The van der Waals surface area contributed by atoms with E-state index in [2.05, 4.69) is 15.5 Å². The number of nitrogens with one attached hydrogen (secondary N) is 1. The van der Waals surface area contributed by atoms with E-state index in [9.17, 15) is 4.79 Å². The minimum atomic E-state index is -0.165. The summed E-state index contributed by atoms with van der Waals surface area (Å²) in [5, 5.41) is 11.0. The molecule has 6 heteroatoms. The van der Waals surface area contributed by atoms with Gasteiger partial charge in [0.25, 0.3) is 5.91 Å². The summed E-state index contributed by atoms with van der Waals surface area (Å²) >= 11 is 6.24. The SMILES string of the molecule is CNC(=O)c1ccc(-n2cnnc2C(C)C)c(Cl)c1. The van der Waals surface area contributed by atoms with Gasteiger partial charge in [-0.2, -0.15) is 0 Å². The fourth-order valence-electron chi connectivity index (χ4n) is 1.81. The standard InChI is InChI=1S/C13H15ClN4O/c1-8(2)12-17-16-7-18(12)11-5-4-9(6-10(11)14)13(19)15-3/h4-8H,1-3H3,(H,15,19). The Labute approximate surface area is 116 Å². The maximum atomic E-state index is 11.5. The average molecular weight is 279 g/mol. The van der Waals surface area contributed by atoms with E-state index in [0.29, 0.717) is 10.6 Å². The number of benzene rings is 1. The molecular formula is C13H15ClN4O. The summed E-state index contributed by atoms with van der Waals surface area (Å²) in [5.74, 6) is 0.896. The van der Waals surface area contributed by atoms with Gasteiger partial charge in [-0.1, -0.05) is 25.4 Å². The summed E-state index contributed by atoms with van der Waals surface area (Å²) in [6, 6.07) is 5.16. The van der Waals surface area contributed by atoms with Crippen molar-refractivity contribution in [1.82, 2.24) is 20.1 Å². The van der Waals surface area contributed by atoms with Crippen molar-refractivity contribution in [3.8, 4) is 5.69 Å². The number of halogens is 1. The van der Waals surface area contributed by atoms with Crippen molar-refractivity contribution in [3.63, 3.8) is 0 Å². The molecule has 1 aromatic carbocycles. The van der Waals surface area contributed by atoms with Crippen LogP contribution in [0.25, 0.3) is 5.69 Å². The Morgan fingerprint density at radius 3 is 2.74 bits per heavy atom. The summed E-state index contributed by atoms with van der Waals surface area (Å²) in [6.45, 7) is 4.07. The van der Waals surface area contributed by atoms with Gasteiger partial charge in [0.2, 0.25) is 0 Å². The first-order valence-corrected chi connectivity index (χ1v) is 6.34. The van der Waals surface area contributed by atoms with Crippen LogP contribution in [0.2, 0.25) is 5.02 Å². The number of hydrogen-bond donors (Lipinski definition) is 1. The van der Waals surface area contributed by atoms with Crippen LogP contribution in [-0.4, -0.2) is 27.7 Å². The molecule has 0 saturated carbocycles. The van der Waals surface area contributed by atoms with Crippen molar-refractivity contribution < 1.29 is 4.79 Å². The first kappa shape index (κ1) is 13.5. The Bertz CT molecular complexity index is 606. The summed E-state index contributed by atoms with van der Waals surface area (Å²) in [6.07, 6.45) is 1.62. The van der Waals surface area contributed by atoms with Gasteiger partial charge in [-0.3, -0.25) is 9.36 Å².